The number of aromatic nitrogens is 2. The lowest BCUT2D eigenvalue weighted by Crippen LogP contribution is -2.14. The summed E-state index contributed by atoms with van der Waals surface area (Å²) in [5.74, 6) is -0.249. The van der Waals surface area contributed by atoms with Gasteiger partial charge in [0, 0.05) is 18.1 Å². The molecular weight excluding hydrogens is 394 g/mol. The van der Waals surface area contributed by atoms with Gasteiger partial charge in [-0.25, -0.2) is 9.78 Å². The van der Waals surface area contributed by atoms with Crippen LogP contribution in [0.4, 0.5) is 5.69 Å². The first kappa shape index (κ1) is 20.2. The highest BCUT2D eigenvalue weighted by atomic mass is 16.5. The number of pyridine rings is 1. The van der Waals surface area contributed by atoms with Gasteiger partial charge < -0.3 is 19.2 Å². The molecule has 156 valence electrons. The molecule has 0 unspecified atom stereocenters. The van der Waals surface area contributed by atoms with Crippen molar-refractivity contribution < 1.29 is 19.1 Å². The largest absolute Gasteiger partial charge is 0.486 e. The van der Waals surface area contributed by atoms with E-state index in [1.165, 1.54) is 0 Å². The minimum atomic E-state index is -0.397. The normalized spacial score (nSPS) is 10.6. The van der Waals surface area contributed by atoms with E-state index in [9.17, 15) is 9.59 Å². The van der Waals surface area contributed by atoms with Crippen LogP contribution < -0.4 is 10.1 Å². The fraction of sp³-hybridized carbons (Fsp3) is 0.125. The minimum Gasteiger partial charge on any atom is -0.486 e. The molecule has 7 heteroatoms. The van der Waals surface area contributed by atoms with Crippen molar-refractivity contribution in [1.29, 1.82) is 0 Å². The summed E-state index contributed by atoms with van der Waals surface area (Å²) in [4.78, 5) is 29.1. The molecule has 0 fully saturated rings. The van der Waals surface area contributed by atoms with Gasteiger partial charge in [0.25, 0.3) is 5.91 Å². The Morgan fingerprint density at radius 2 is 1.77 bits per heavy atom. The predicted molar refractivity (Wildman–Crippen MR) is 116 cm³/mol. The van der Waals surface area contributed by atoms with Crippen LogP contribution in [0, 0.1) is 0 Å². The van der Waals surface area contributed by atoms with Gasteiger partial charge in [0.2, 0.25) is 0 Å². The number of fused-ring (bicyclic) bond motifs is 1. The summed E-state index contributed by atoms with van der Waals surface area (Å²) in [7, 11) is 0. The molecule has 0 aliphatic rings. The van der Waals surface area contributed by atoms with Crippen LogP contribution in [0.5, 0.6) is 5.75 Å². The van der Waals surface area contributed by atoms with Crippen LogP contribution in [0.1, 0.15) is 33.3 Å². The highest BCUT2D eigenvalue weighted by Crippen LogP contribution is 2.21. The average molecular weight is 415 g/mol. The quantitative estimate of drug-likeness (QED) is 0.454. The van der Waals surface area contributed by atoms with Crippen molar-refractivity contribution in [2.24, 2.45) is 0 Å². The SMILES string of the molecule is CCOC(=O)c1ccc(NC(=O)c2ccccc2OCc2cn3ccccc3n2)cc1. The Bertz CT molecular complexity index is 1180. The molecule has 2 heterocycles. The number of rotatable bonds is 7. The first-order valence-electron chi connectivity index (χ1n) is 9.87. The minimum absolute atomic E-state index is 0.236. The first-order chi connectivity index (χ1) is 15.1. The zero-order valence-corrected chi connectivity index (χ0v) is 16.9. The van der Waals surface area contributed by atoms with E-state index in [0.717, 1.165) is 11.3 Å². The van der Waals surface area contributed by atoms with Gasteiger partial charge in [0.05, 0.1) is 23.4 Å². The van der Waals surface area contributed by atoms with Crippen LogP contribution in [0.15, 0.2) is 79.1 Å². The van der Waals surface area contributed by atoms with Crippen molar-refractivity contribution in [3.05, 3.63) is 95.9 Å². The molecule has 4 aromatic rings. The highest BCUT2D eigenvalue weighted by Gasteiger charge is 2.14. The monoisotopic (exact) mass is 415 g/mol. The van der Waals surface area contributed by atoms with Crippen molar-refractivity contribution in [3.8, 4) is 5.75 Å². The number of carbonyl (C=O) groups excluding carboxylic acids is 2. The standard InChI is InChI=1S/C24H21N3O4/c1-2-30-24(29)17-10-12-18(13-11-17)26-23(28)20-7-3-4-8-21(20)31-16-19-15-27-14-6-5-9-22(27)25-19/h3-15H,2,16H2,1H3,(H,26,28). The van der Waals surface area contributed by atoms with Gasteiger partial charge in [-0.1, -0.05) is 18.2 Å². The van der Waals surface area contributed by atoms with Crippen molar-refractivity contribution in [2.75, 3.05) is 11.9 Å². The number of ether oxygens (including phenoxy) is 2. The van der Waals surface area contributed by atoms with E-state index in [2.05, 4.69) is 10.3 Å². The van der Waals surface area contributed by atoms with Gasteiger partial charge in [-0.15, -0.1) is 0 Å². The lowest BCUT2D eigenvalue weighted by Gasteiger charge is -2.11. The van der Waals surface area contributed by atoms with Crippen LogP contribution in [0.3, 0.4) is 0 Å². The molecule has 0 bridgehead atoms. The molecule has 7 nitrogen and oxygen atoms in total. The number of hydrogen-bond acceptors (Lipinski definition) is 5. The molecular formula is C24H21N3O4. The summed E-state index contributed by atoms with van der Waals surface area (Å²) in [5.41, 5.74) is 2.99. The number of anilines is 1. The zero-order chi connectivity index (χ0) is 21.6. The second-order valence-electron chi connectivity index (χ2n) is 6.74. The maximum Gasteiger partial charge on any atom is 0.338 e. The van der Waals surface area contributed by atoms with E-state index in [1.54, 1.807) is 49.4 Å². The Balaban J connectivity index is 1.44. The van der Waals surface area contributed by atoms with Crippen molar-refractivity contribution in [3.63, 3.8) is 0 Å². The Labute approximate surface area is 179 Å². The molecule has 0 saturated heterocycles. The molecule has 2 aromatic heterocycles. The fourth-order valence-corrected chi connectivity index (χ4v) is 3.09. The predicted octanol–water partition coefficient (Wildman–Crippen LogP) is 4.34. The smallest absolute Gasteiger partial charge is 0.338 e. The molecule has 1 N–H and O–H groups in total. The zero-order valence-electron chi connectivity index (χ0n) is 16.9. The molecule has 4 rings (SSSR count). The number of amides is 1. The van der Waals surface area contributed by atoms with Gasteiger partial charge >= 0.3 is 5.97 Å². The first-order valence-corrected chi connectivity index (χ1v) is 9.87. The van der Waals surface area contributed by atoms with E-state index in [0.29, 0.717) is 29.2 Å². The van der Waals surface area contributed by atoms with Gasteiger partial charge in [-0.3, -0.25) is 4.79 Å². The third kappa shape index (κ3) is 4.72. The summed E-state index contributed by atoms with van der Waals surface area (Å²) in [5, 5.41) is 2.83. The second kappa shape index (κ2) is 9.13. The molecule has 0 saturated carbocycles. The summed E-state index contributed by atoms with van der Waals surface area (Å²) < 4.78 is 12.8. The number of imidazole rings is 1. The van der Waals surface area contributed by atoms with E-state index < -0.39 is 5.97 Å². The Morgan fingerprint density at radius 1 is 1.00 bits per heavy atom. The van der Waals surface area contributed by atoms with Crippen molar-refractivity contribution in [1.82, 2.24) is 9.38 Å². The molecule has 0 radical (unpaired) electrons. The molecule has 0 atom stereocenters. The van der Waals surface area contributed by atoms with Crippen LogP contribution in [0.2, 0.25) is 0 Å². The van der Waals surface area contributed by atoms with E-state index in [-0.39, 0.29) is 12.5 Å². The van der Waals surface area contributed by atoms with Gasteiger partial charge in [0.15, 0.2) is 0 Å². The maximum absolute atomic E-state index is 12.8. The summed E-state index contributed by atoms with van der Waals surface area (Å²) >= 11 is 0. The Kier molecular flexibility index (Phi) is 5.93. The van der Waals surface area contributed by atoms with Crippen LogP contribution in [0.25, 0.3) is 5.65 Å². The van der Waals surface area contributed by atoms with E-state index >= 15 is 0 Å². The molecule has 31 heavy (non-hydrogen) atoms. The summed E-state index contributed by atoms with van der Waals surface area (Å²) in [6.07, 6.45) is 3.81. The topological polar surface area (TPSA) is 81.9 Å². The third-order valence-electron chi connectivity index (χ3n) is 4.58. The molecule has 2 aromatic carbocycles. The number of nitrogens with zero attached hydrogens (tertiary/aromatic N) is 2. The number of nitrogens with one attached hydrogen (secondary N) is 1. The maximum atomic E-state index is 12.8. The average Bonchev–Trinajstić information content (AvgIpc) is 3.21. The number of hydrogen-bond donors (Lipinski definition) is 1. The van der Waals surface area contributed by atoms with E-state index in [1.807, 2.05) is 41.1 Å². The fourth-order valence-electron chi connectivity index (χ4n) is 3.09. The summed E-state index contributed by atoms with van der Waals surface area (Å²) in [6.45, 7) is 2.30. The molecule has 0 aliphatic heterocycles. The van der Waals surface area contributed by atoms with Crippen molar-refractivity contribution >= 4 is 23.2 Å². The highest BCUT2D eigenvalue weighted by molar-refractivity contribution is 6.06. The van der Waals surface area contributed by atoms with Crippen LogP contribution in [-0.2, 0) is 11.3 Å². The van der Waals surface area contributed by atoms with Gasteiger partial charge in [0.1, 0.15) is 18.0 Å². The van der Waals surface area contributed by atoms with Crippen LogP contribution >= 0.6 is 0 Å². The third-order valence-corrected chi connectivity index (χ3v) is 4.58. The molecule has 0 spiro atoms. The lowest BCUT2D eigenvalue weighted by molar-refractivity contribution is 0.0526. The van der Waals surface area contributed by atoms with Crippen LogP contribution in [-0.4, -0.2) is 27.9 Å². The number of esters is 1. The second-order valence-corrected chi connectivity index (χ2v) is 6.74. The van der Waals surface area contributed by atoms with Gasteiger partial charge in [-0.05, 0) is 55.5 Å². The van der Waals surface area contributed by atoms with E-state index in [4.69, 9.17) is 9.47 Å². The molecule has 1 amide bonds. The lowest BCUT2D eigenvalue weighted by atomic mass is 10.1. The number of carbonyl (C=O) groups is 2. The Morgan fingerprint density at radius 3 is 2.55 bits per heavy atom. The molecule has 0 aliphatic carbocycles. The number of para-hydroxylation sites is 1. The summed E-state index contributed by atoms with van der Waals surface area (Å²) in [6, 6.07) is 19.3. The van der Waals surface area contributed by atoms with Gasteiger partial charge in [-0.2, -0.15) is 0 Å². The number of benzene rings is 2. The van der Waals surface area contributed by atoms with Crippen molar-refractivity contribution in [2.45, 2.75) is 13.5 Å². The Hall–Kier alpha value is -4.13.